The number of aliphatic hydroxyl groups excluding tert-OH is 4. The molecule has 0 aliphatic carbocycles. The van der Waals surface area contributed by atoms with E-state index in [1.165, 1.54) is 18.0 Å². The van der Waals surface area contributed by atoms with Gasteiger partial charge >= 0.3 is 11.9 Å². The lowest BCUT2D eigenvalue weighted by atomic mass is 9.98. The lowest BCUT2D eigenvalue weighted by Crippen LogP contribution is -2.56. The normalized spacial score (nSPS) is 21.2. The van der Waals surface area contributed by atoms with E-state index in [-0.39, 0.29) is 55.1 Å². The molecule has 298 valence electrons. The Labute approximate surface area is 311 Å². The van der Waals surface area contributed by atoms with Gasteiger partial charge in [0, 0.05) is 30.8 Å². The first-order valence-electron chi connectivity index (χ1n) is 18.8. The second kappa shape index (κ2) is 26.0. The Kier molecular flexibility index (Phi) is 22.7. The summed E-state index contributed by atoms with van der Waals surface area (Å²) in [6, 6.07) is -1.03. The Hall–Kier alpha value is -2.83. The number of ether oxygens (including phenoxy) is 3. The molecule has 2 amide bonds. The third-order valence-electron chi connectivity index (χ3n) is 8.58. The molecular formula is C35H61N5O11S. The van der Waals surface area contributed by atoms with E-state index in [4.69, 9.17) is 14.2 Å². The molecule has 1 fully saturated rings. The van der Waals surface area contributed by atoms with Gasteiger partial charge in [0.1, 0.15) is 43.2 Å². The monoisotopic (exact) mass is 759 g/mol. The maximum atomic E-state index is 13.5. The standard InChI is InChI=1S/C35H61N5O11S/c1-4-7-10-13-16-28(42)36-25(34(48)37-27-19-40(39-38-27)35-33(47)32(46)31(45)26(20-41)51-35)23-52-22-24(50-30(44)18-15-12-9-6-3)21-49-29(43)17-14-11-8-5-2/h19,24-26,31-33,35,41,45-47H,4-18,20-23H2,1-3H3,(H,36,42)(H,37,48)/t24-,25-,26?,31?,32?,33?,35+/m1/s1. The SMILES string of the molecule is CCCCCCC(=O)N[C@H](CSC[C@@H](COC(=O)CCCCCC)OC(=O)CCCCCC)C(=O)Nc1cn([C@H]2OC(CO)C(O)C(O)C2O)nn1. The highest BCUT2D eigenvalue weighted by molar-refractivity contribution is 7.99. The van der Waals surface area contributed by atoms with Crippen molar-refractivity contribution in [2.24, 2.45) is 0 Å². The molecule has 1 saturated heterocycles. The molecule has 17 heteroatoms. The molecule has 2 heterocycles. The topological polar surface area (TPSA) is 232 Å². The number of aliphatic hydroxyl groups is 4. The molecule has 1 aromatic rings. The summed E-state index contributed by atoms with van der Waals surface area (Å²) >= 11 is 1.25. The van der Waals surface area contributed by atoms with E-state index >= 15 is 0 Å². The summed E-state index contributed by atoms with van der Waals surface area (Å²) in [7, 11) is 0. The summed E-state index contributed by atoms with van der Waals surface area (Å²) in [6.07, 6.45) is 4.84. The maximum Gasteiger partial charge on any atom is 0.306 e. The van der Waals surface area contributed by atoms with Crippen molar-refractivity contribution in [1.82, 2.24) is 20.3 Å². The predicted octanol–water partition coefficient (Wildman–Crippen LogP) is 2.77. The van der Waals surface area contributed by atoms with Crippen molar-refractivity contribution < 1.29 is 53.8 Å². The van der Waals surface area contributed by atoms with Gasteiger partial charge in [-0.25, -0.2) is 4.68 Å². The molecule has 6 N–H and O–H groups in total. The Morgan fingerprint density at radius 3 is 2.08 bits per heavy atom. The maximum absolute atomic E-state index is 13.5. The van der Waals surface area contributed by atoms with E-state index in [2.05, 4.69) is 41.7 Å². The largest absolute Gasteiger partial charge is 0.462 e. The number of hydrogen-bond donors (Lipinski definition) is 6. The molecule has 52 heavy (non-hydrogen) atoms. The zero-order valence-corrected chi connectivity index (χ0v) is 31.8. The van der Waals surface area contributed by atoms with Gasteiger partial charge in [0.15, 0.2) is 12.0 Å². The summed E-state index contributed by atoms with van der Waals surface area (Å²) in [4.78, 5) is 51.4. The van der Waals surface area contributed by atoms with E-state index in [1.807, 2.05) is 0 Å². The minimum atomic E-state index is -1.63. The Bertz CT molecular complexity index is 1190. The molecular weight excluding hydrogens is 698 g/mol. The van der Waals surface area contributed by atoms with Gasteiger partial charge < -0.3 is 45.3 Å². The van der Waals surface area contributed by atoms with Crippen LogP contribution in [0.3, 0.4) is 0 Å². The van der Waals surface area contributed by atoms with E-state index in [1.54, 1.807) is 0 Å². The molecule has 1 aliphatic heterocycles. The van der Waals surface area contributed by atoms with E-state index < -0.39 is 61.3 Å². The lowest BCUT2D eigenvalue weighted by Gasteiger charge is -2.39. The summed E-state index contributed by atoms with van der Waals surface area (Å²) in [5.74, 6) is -1.44. The van der Waals surface area contributed by atoms with Gasteiger partial charge in [-0.3, -0.25) is 19.2 Å². The number of esters is 2. The fourth-order valence-electron chi connectivity index (χ4n) is 5.46. The zero-order valence-electron chi connectivity index (χ0n) is 31.0. The van der Waals surface area contributed by atoms with Crippen molar-refractivity contribution in [3.63, 3.8) is 0 Å². The van der Waals surface area contributed by atoms with E-state index in [0.29, 0.717) is 19.3 Å². The van der Waals surface area contributed by atoms with Crippen LogP contribution < -0.4 is 10.6 Å². The lowest BCUT2D eigenvalue weighted by molar-refractivity contribution is -0.254. The van der Waals surface area contributed by atoms with Crippen molar-refractivity contribution in [3.8, 4) is 0 Å². The Morgan fingerprint density at radius 2 is 1.46 bits per heavy atom. The fraction of sp³-hybridized carbons (Fsp3) is 0.829. The Balaban J connectivity index is 2.10. The molecule has 0 aromatic carbocycles. The van der Waals surface area contributed by atoms with Crippen LogP contribution in [-0.2, 0) is 33.4 Å². The highest BCUT2D eigenvalue weighted by Gasteiger charge is 2.44. The van der Waals surface area contributed by atoms with Crippen molar-refractivity contribution >= 4 is 41.3 Å². The number of amides is 2. The molecule has 1 aliphatic rings. The summed E-state index contributed by atoms with van der Waals surface area (Å²) in [6.45, 7) is 5.48. The van der Waals surface area contributed by atoms with Crippen molar-refractivity contribution in [2.45, 2.75) is 160 Å². The minimum Gasteiger partial charge on any atom is -0.462 e. The second-order valence-corrected chi connectivity index (χ2v) is 14.3. The number of carbonyl (C=O) groups is 4. The molecule has 4 unspecified atom stereocenters. The van der Waals surface area contributed by atoms with Crippen LogP contribution in [0.2, 0.25) is 0 Å². The minimum absolute atomic E-state index is 0.0464. The third-order valence-corrected chi connectivity index (χ3v) is 9.76. The summed E-state index contributed by atoms with van der Waals surface area (Å²) in [5, 5.41) is 53.3. The van der Waals surface area contributed by atoms with Crippen molar-refractivity contribution in [3.05, 3.63) is 6.20 Å². The number of nitrogens with zero attached hydrogens (tertiary/aromatic N) is 3. The van der Waals surface area contributed by atoms with Gasteiger partial charge in [0.25, 0.3) is 0 Å². The molecule has 7 atom stereocenters. The molecule has 16 nitrogen and oxygen atoms in total. The molecule has 0 saturated carbocycles. The van der Waals surface area contributed by atoms with Crippen LogP contribution in [0.15, 0.2) is 6.20 Å². The van der Waals surface area contributed by atoms with Crippen molar-refractivity contribution in [2.75, 3.05) is 30.0 Å². The van der Waals surface area contributed by atoms with Crippen LogP contribution in [0.5, 0.6) is 0 Å². The van der Waals surface area contributed by atoms with Crippen LogP contribution in [0, 0.1) is 0 Å². The summed E-state index contributed by atoms with van der Waals surface area (Å²) in [5.41, 5.74) is 0. The third kappa shape index (κ3) is 16.9. The van der Waals surface area contributed by atoms with Crippen LogP contribution in [0.1, 0.15) is 123 Å². The van der Waals surface area contributed by atoms with Crippen molar-refractivity contribution in [1.29, 1.82) is 0 Å². The fourth-order valence-corrected chi connectivity index (χ4v) is 6.50. The molecule has 2 rings (SSSR count). The first-order valence-corrected chi connectivity index (χ1v) is 19.9. The smallest absolute Gasteiger partial charge is 0.306 e. The van der Waals surface area contributed by atoms with Crippen LogP contribution in [0.4, 0.5) is 5.82 Å². The van der Waals surface area contributed by atoms with Crippen LogP contribution in [0.25, 0.3) is 0 Å². The highest BCUT2D eigenvalue weighted by Crippen LogP contribution is 2.28. The first-order chi connectivity index (χ1) is 25.0. The van der Waals surface area contributed by atoms with Gasteiger partial charge in [-0.05, 0) is 19.3 Å². The Morgan fingerprint density at radius 1 is 0.846 bits per heavy atom. The number of hydrogen-bond acceptors (Lipinski definition) is 14. The highest BCUT2D eigenvalue weighted by atomic mass is 32.2. The number of rotatable bonds is 27. The van der Waals surface area contributed by atoms with Gasteiger partial charge in [-0.15, -0.1) is 5.10 Å². The first kappa shape index (κ1) is 45.3. The van der Waals surface area contributed by atoms with Gasteiger partial charge in [0.05, 0.1) is 12.8 Å². The second-order valence-electron chi connectivity index (χ2n) is 13.2. The van der Waals surface area contributed by atoms with E-state index in [0.717, 1.165) is 62.5 Å². The number of thioether (sulfide) groups is 1. The average molecular weight is 760 g/mol. The number of aromatic nitrogens is 3. The number of unbranched alkanes of at least 4 members (excludes halogenated alkanes) is 9. The molecule has 0 spiro atoms. The number of nitrogens with one attached hydrogen (secondary N) is 2. The molecule has 1 aromatic heterocycles. The molecule has 0 radical (unpaired) electrons. The average Bonchev–Trinajstić information content (AvgIpc) is 3.59. The predicted molar refractivity (Wildman–Crippen MR) is 194 cm³/mol. The number of anilines is 1. The van der Waals surface area contributed by atoms with Gasteiger partial charge in [0.2, 0.25) is 11.8 Å². The number of carbonyl (C=O) groups excluding carboxylic acids is 4. The zero-order chi connectivity index (χ0) is 38.3. The quantitative estimate of drug-likeness (QED) is 0.0560. The summed E-state index contributed by atoms with van der Waals surface area (Å²) < 4.78 is 17.7. The van der Waals surface area contributed by atoms with Crippen LogP contribution in [-0.4, -0.2) is 120 Å². The van der Waals surface area contributed by atoms with E-state index in [9.17, 15) is 39.6 Å². The molecule has 0 bridgehead atoms. The van der Waals surface area contributed by atoms with Crippen LogP contribution >= 0.6 is 11.8 Å². The van der Waals surface area contributed by atoms with Gasteiger partial charge in [-0.1, -0.05) is 83.8 Å². The van der Waals surface area contributed by atoms with Gasteiger partial charge in [-0.2, -0.15) is 11.8 Å².